The summed E-state index contributed by atoms with van der Waals surface area (Å²) in [6.45, 7) is 1.37. The van der Waals surface area contributed by atoms with E-state index >= 15 is 0 Å². The number of para-hydroxylation sites is 1. The van der Waals surface area contributed by atoms with E-state index in [0.29, 0.717) is 30.6 Å². The van der Waals surface area contributed by atoms with E-state index in [1.54, 1.807) is 0 Å². The van der Waals surface area contributed by atoms with E-state index in [2.05, 4.69) is 15.7 Å². The van der Waals surface area contributed by atoms with Crippen LogP contribution in [-0.2, 0) is 6.18 Å². The molecule has 0 atom stereocenters. The first-order valence-electron chi connectivity index (χ1n) is 7.79. The van der Waals surface area contributed by atoms with Crippen molar-refractivity contribution < 1.29 is 22.4 Å². The molecular weight excluding hydrogens is 376 g/mol. The number of nitrogens with zero attached hydrogens (tertiary/aromatic N) is 2. The highest BCUT2D eigenvalue weighted by molar-refractivity contribution is 5.95. The average molecular weight is 393 g/mol. The highest BCUT2D eigenvalue weighted by Gasteiger charge is 2.41. The topological polar surface area (TPSA) is 59.0 Å². The molecule has 5 nitrogen and oxygen atoms in total. The molecule has 1 aliphatic rings. The lowest BCUT2D eigenvalue weighted by atomic mass is 10.1. The van der Waals surface area contributed by atoms with Crippen molar-refractivity contribution in [3.63, 3.8) is 0 Å². The van der Waals surface area contributed by atoms with Crippen LogP contribution >= 0.6 is 12.4 Å². The number of rotatable bonds is 3. The van der Waals surface area contributed by atoms with Gasteiger partial charge >= 0.3 is 6.18 Å². The Morgan fingerprint density at radius 3 is 2.50 bits per heavy atom. The molecular formula is C16H17ClF4N4O. The van der Waals surface area contributed by atoms with Gasteiger partial charge in [0.15, 0.2) is 5.69 Å². The van der Waals surface area contributed by atoms with Gasteiger partial charge < -0.3 is 10.6 Å². The molecule has 0 aliphatic carbocycles. The first-order valence-corrected chi connectivity index (χ1v) is 7.79. The van der Waals surface area contributed by atoms with Gasteiger partial charge in [-0.2, -0.15) is 18.3 Å². The van der Waals surface area contributed by atoms with E-state index in [4.69, 9.17) is 0 Å². The number of piperidine rings is 1. The Morgan fingerprint density at radius 2 is 1.88 bits per heavy atom. The summed E-state index contributed by atoms with van der Waals surface area (Å²) in [5.74, 6) is -1.72. The number of hydrogen-bond donors (Lipinski definition) is 2. The van der Waals surface area contributed by atoms with Crippen molar-refractivity contribution >= 4 is 18.3 Å². The second-order valence-electron chi connectivity index (χ2n) is 5.77. The van der Waals surface area contributed by atoms with Crippen LogP contribution in [0.25, 0.3) is 5.69 Å². The van der Waals surface area contributed by atoms with Crippen LogP contribution in [0, 0.1) is 5.82 Å². The second kappa shape index (κ2) is 8.05. The van der Waals surface area contributed by atoms with Gasteiger partial charge in [0.2, 0.25) is 0 Å². The Balaban J connectivity index is 0.00000243. The molecule has 1 fully saturated rings. The van der Waals surface area contributed by atoms with E-state index in [1.165, 1.54) is 18.2 Å². The minimum atomic E-state index is -4.86. The number of carbonyl (C=O) groups is 1. The van der Waals surface area contributed by atoms with Crippen LogP contribution in [0.4, 0.5) is 17.6 Å². The van der Waals surface area contributed by atoms with Crippen molar-refractivity contribution in [3.05, 3.63) is 47.5 Å². The molecule has 1 saturated heterocycles. The largest absolute Gasteiger partial charge is 0.434 e. The standard InChI is InChI=1S/C16H16F4N4O.ClH/c17-12-3-1-2-4-13(12)24-14(16(18,19)20)11(9-22-24)15(25)23-10-5-7-21-8-6-10;/h1-4,9-10,21H,5-8H2,(H,23,25);1H. The Labute approximate surface area is 153 Å². The zero-order valence-corrected chi connectivity index (χ0v) is 14.3. The van der Waals surface area contributed by atoms with Crippen molar-refractivity contribution in [1.29, 1.82) is 0 Å². The van der Waals surface area contributed by atoms with Crippen LogP contribution < -0.4 is 10.6 Å². The fourth-order valence-corrected chi connectivity index (χ4v) is 2.82. The second-order valence-corrected chi connectivity index (χ2v) is 5.77. The number of nitrogens with one attached hydrogen (secondary N) is 2. The van der Waals surface area contributed by atoms with Gasteiger partial charge in [-0.25, -0.2) is 9.07 Å². The van der Waals surface area contributed by atoms with Crippen LogP contribution in [0.1, 0.15) is 28.9 Å². The van der Waals surface area contributed by atoms with Crippen LogP contribution in [0.2, 0.25) is 0 Å². The fourth-order valence-electron chi connectivity index (χ4n) is 2.82. The lowest BCUT2D eigenvalue weighted by Gasteiger charge is -2.23. The monoisotopic (exact) mass is 392 g/mol. The smallest absolute Gasteiger partial charge is 0.349 e. The van der Waals surface area contributed by atoms with Crippen LogP contribution in [-0.4, -0.2) is 34.8 Å². The van der Waals surface area contributed by atoms with Gasteiger partial charge in [-0.1, -0.05) is 12.1 Å². The third-order valence-electron chi connectivity index (χ3n) is 4.04. The Bertz CT molecular complexity index is 772. The normalized spacial score (nSPS) is 15.4. The van der Waals surface area contributed by atoms with Gasteiger partial charge in [0.05, 0.1) is 11.8 Å². The molecule has 0 bridgehead atoms. The number of amides is 1. The fraction of sp³-hybridized carbons (Fsp3) is 0.375. The number of aromatic nitrogens is 2. The summed E-state index contributed by atoms with van der Waals surface area (Å²) in [5, 5.41) is 9.32. The lowest BCUT2D eigenvalue weighted by molar-refractivity contribution is -0.143. The molecule has 3 rings (SSSR count). The summed E-state index contributed by atoms with van der Waals surface area (Å²) in [4.78, 5) is 12.3. The molecule has 0 spiro atoms. The van der Waals surface area contributed by atoms with E-state index in [9.17, 15) is 22.4 Å². The Hall–Kier alpha value is -2.13. The van der Waals surface area contributed by atoms with Crippen molar-refractivity contribution in [1.82, 2.24) is 20.4 Å². The molecule has 2 N–H and O–H groups in total. The minimum absolute atomic E-state index is 0. The highest BCUT2D eigenvalue weighted by atomic mass is 35.5. The first-order chi connectivity index (χ1) is 11.9. The summed E-state index contributed by atoms with van der Waals surface area (Å²) >= 11 is 0. The maximum atomic E-state index is 13.9. The third kappa shape index (κ3) is 4.16. The quantitative estimate of drug-likeness (QED) is 0.790. The first kappa shape index (κ1) is 20.2. The third-order valence-corrected chi connectivity index (χ3v) is 4.04. The SMILES string of the molecule is Cl.O=C(NC1CCNCC1)c1cnn(-c2ccccc2F)c1C(F)(F)F. The summed E-state index contributed by atoms with van der Waals surface area (Å²) < 4.78 is 54.9. The molecule has 1 aromatic heterocycles. The van der Waals surface area contributed by atoms with Crippen LogP contribution in [0.3, 0.4) is 0 Å². The minimum Gasteiger partial charge on any atom is -0.349 e. The Kier molecular flexibility index (Phi) is 6.25. The lowest BCUT2D eigenvalue weighted by Crippen LogP contribution is -2.43. The molecule has 10 heteroatoms. The van der Waals surface area contributed by atoms with E-state index in [1.807, 2.05) is 0 Å². The molecule has 1 aromatic carbocycles. The zero-order chi connectivity index (χ0) is 18.0. The average Bonchev–Trinajstić information content (AvgIpc) is 3.01. The molecule has 0 unspecified atom stereocenters. The molecule has 2 aromatic rings. The van der Waals surface area contributed by atoms with Gasteiger partial charge in [0.1, 0.15) is 11.5 Å². The van der Waals surface area contributed by atoms with Crippen molar-refractivity contribution in [2.24, 2.45) is 0 Å². The van der Waals surface area contributed by atoms with Crippen molar-refractivity contribution in [3.8, 4) is 5.69 Å². The van der Waals surface area contributed by atoms with Crippen molar-refractivity contribution in [2.45, 2.75) is 25.1 Å². The number of benzene rings is 1. The maximum Gasteiger partial charge on any atom is 0.434 e. The predicted octanol–water partition coefficient (Wildman–Crippen LogP) is 2.93. The summed E-state index contributed by atoms with van der Waals surface area (Å²) in [5.41, 5.74) is -2.27. The number of halogens is 5. The summed E-state index contributed by atoms with van der Waals surface area (Å²) in [6.07, 6.45) is -2.77. The van der Waals surface area contributed by atoms with E-state index < -0.39 is 29.2 Å². The van der Waals surface area contributed by atoms with Gasteiger partial charge in [-0.3, -0.25) is 4.79 Å². The van der Waals surface area contributed by atoms with E-state index in [0.717, 1.165) is 12.3 Å². The number of alkyl halides is 3. The van der Waals surface area contributed by atoms with Gasteiger partial charge in [-0.15, -0.1) is 12.4 Å². The molecule has 1 amide bonds. The zero-order valence-electron chi connectivity index (χ0n) is 13.5. The molecule has 1 aliphatic heterocycles. The van der Waals surface area contributed by atoms with E-state index in [-0.39, 0.29) is 24.1 Å². The molecule has 142 valence electrons. The van der Waals surface area contributed by atoms with Gasteiger partial charge in [-0.05, 0) is 38.1 Å². The Morgan fingerprint density at radius 1 is 1.23 bits per heavy atom. The van der Waals surface area contributed by atoms with Gasteiger partial charge in [0, 0.05) is 6.04 Å². The molecule has 26 heavy (non-hydrogen) atoms. The molecule has 0 saturated carbocycles. The summed E-state index contributed by atoms with van der Waals surface area (Å²) in [6, 6.07) is 4.76. The van der Waals surface area contributed by atoms with Gasteiger partial charge in [0.25, 0.3) is 5.91 Å². The highest BCUT2D eigenvalue weighted by Crippen LogP contribution is 2.34. The maximum absolute atomic E-state index is 13.9. The number of carbonyl (C=O) groups excluding carboxylic acids is 1. The number of hydrogen-bond acceptors (Lipinski definition) is 3. The van der Waals surface area contributed by atoms with Crippen LogP contribution in [0.5, 0.6) is 0 Å². The van der Waals surface area contributed by atoms with Crippen molar-refractivity contribution in [2.75, 3.05) is 13.1 Å². The summed E-state index contributed by atoms with van der Waals surface area (Å²) in [7, 11) is 0. The molecule has 2 heterocycles. The van der Waals surface area contributed by atoms with Crippen LogP contribution in [0.15, 0.2) is 30.5 Å². The molecule has 0 radical (unpaired) electrons. The predicted molar refractivity (Wildman–Crippen MR) is 89.1 cm³/mol.